The zero-order valence-electron chi connectivity index (χ0n) is 6.69. The van der Waals surface area contributed by atoms with Crippen molar-refractivity contribution in [2.45, 2.75) is 25.9 Å². The molecule has 0 unspecified atom stereocenters. The second kappa shape index (κ2) is 4.43. The van der Waals surface area contributed by atoms with Crippen LogP contribution in [0.5, 0.6) is 0 Å². The standard InChI is InChI=1S/C6H12F2O2Si/c1-3-10-6(9)4-5-11(2,7)8/h3-5H2,1-2H3. The Morgan fingerprint density at radius 2 is 2.09 bits per heavy atom. The maximum atomic E-state index is 12.3. The van der Waals surface area contributed by atoms with Gasteiger partial charge in [0.05, 0.1) is 6.61 Å². The van der Waals surface area contributed by atoms with Crippen LogP contribution in [0.15, 0.2) is 0 Å². The van der Waals surface area contributed by atoms with Crippen molar-refractivity contribution in [3.05, 3.63) is 0 Å². The normalized spacial score (nSPS) is 11.3. The van der Waals surface area contributed by atoms with Gasteiger partial charge in [-0.3, -0.25) is 13.0 Å². The highest BCUT2D eigenvalue weighted by Crippen LogP contribution is 2.14. The van der Waals surface area contributed by atoms with Crippen LogP contribution >= 0.6 is 0 Å². The SMILES string of the molecule is CCOC(=O)CC[Si](C)(F)F. The molecule has 5 heteroatoms. The third-order valence-electron chi connectivity index (χ3n) is 1.07. The summed E-state index contributed by atoms with van der Waals surface area (Å²) in [5, 5.41) is 0. The number of carbonyl (C=O) groups is 1. The summed E-state index contributed by atoms with van der Waals surface area (Å²) < 4.78 is 29.0. The van der Waals surface area contributed by atoms with Gasteiger partial charge in [0.2, 0.25) is 0 Å². The van der Waals surface area contributed by atoms with E-state index in [1.54, 1.807) is 6.92 Å². The van der Waals surface area contributed by atoms with E-state index in [-0.39, 0.29) is 19.1 Å². The summed E-state index contributed by atoms with van der Waals surface area (Å²) in [6.45, 7) is 2.83. The molecule has 0 fully saturated rings. The summed E-state index contributed by atoms with van der Waals surface area (Å²) >= 11 is 0. The summed E-state index contributed by atoms with van der Waals surface area (Å²) in [6, 6.07) is -0.300. The highest BCUT2D eigenvalue weighted by atomic mass is 28.4. The van der Waals surface area contributed by atoms with Gasteiger partial charge in [0.15, 0.2) is 0 Å². The van der Waals surface area contributed by atoms with E-state index in [9.17, 15) is 13.0 Å². The van der Waals surface area contributed by atoms with Crippen molar-refractivity contribution in [1.82, 2.24) is 0 Å². The predicted molar refractivity (Wildman–Crippen MR) is 39.9 cm³/mol. The van der Waals surface area contributed by atoms with E-state index in [4.69, 9.17) is 0 Å². The minimum absolute atomic E-state index is 0.149. The fourth-order valence-electron chi connectivity index (χ4n) is 0.555. The van der Waals surface area contributed by atoms with Gasteiger partial charge in [0.25, 0.3) is 0 Å². The second-order valence-corrected chi connectivity index (χ2v) is 5.02. The molecule has 11 heavy (non-hydrogen) atoms. The number of hydrogen-bond donors (Lipinski definition) is 0. The highest BCUT2D eigenvalue weighted by Gasteiger charge is 2.28. The minimum atomic E-state index is -4.05. The van der Waals surface area contributed by atoms with Crippen molar-refractivity contribution in [2.24, 2.45) is 0 Å². The molecule has 0 aliphatic rings. The smallest absolute Gasteiger partial charge is 0.422 e. The first-order chi connectivity index (χ1) is 4.95. The van der Waals surface area contributed by atoms with Crippen LogP contribution in [0.3, 0.4) is 0 Å². The molecule has 0 aliphatic heterocycles. The number of esters is 1. The molecule has 0 N–H and O–H groups in total. The molecule has 0 radical (unpaired) electrons. The van der Waals surface area contributed by atoms with E-state index < -0.39 is 14.7 Å². The first kappa shape index (κ1) is 10.5. The molecule has 0 atom stereocenters. The molecule has 0 saturated carbocycles. The fraction of sp³-hybridized carbons (Fsp3) is 0.833. The topological polar surface area (TPSA) is 26.3 Å². The summed E-state index contributed by atoms with van der Waals surface area (Å²) in [5.74, 6) is -0.526. The van der Waals surface area contributed by atoms with Gasteiger partial charge in [0.1, 0.15) is 0 Å². The highest BCUT2D eigenvalue weighted by molar-refractivity contribution is 6.64. The molecule has 0 aromatic carbocycles. The van der Waals surface area contributed by atoms with Crippen molar-refractivity contribution in [3.63, 3.8) is 0 Å². The quantitative estimate of drug-likeness (QED) is 0.377. The zero-order valence-corrected chi connectivity index (χ0v) is 7.69. The molecule has 0 bridgehead atoms. The van der Waals surface area contributed by atoms with Crippen LogP contribution < -0.4 is 0 Å². The van der Waals surface area contributed by atoms with Crippen molar-refractivity contribution in [3.8, 4) is 0 Å². The molecule has 0 heterocycles. The molecule has 0 aromatic heterocycles. The lowest BCUT2D eigenvalue weighted by Gasteiger charge is -2.05. The van der Waals surface area contributed by atoms with E-state index in [1.165, 1.54) is 0 Å². The predicted octanol–water partition coefficient (Wildman–Crippen LogP) is 1.95. The summed E-state index contributed by atoms with van der Waals surface area (Å²) in [7, 11) is -4.05. The van der Waals surface area contributed by atoms with Crippen LogP contribution in [0, 0.1) is 0 Å². The average molecular weight is 182 g/mol. The summed E-state index contributed by atoms with van der Waals surface area (Å²) in [6.07, 6.45) is -0.149. The lowest BCUT2D eigenvalue weighted by Crippen LogP contribution is -2.18. The van der Waals surface area contributed by atoms with Gasteiger partial charge in [0, 0.05) is 12.5 Å². The van der Waals surface area contributed by atoms with Crippen LogP contribution in [-0.4, -0.2) is 21.3 Å². The van der Waals surface area contributed by atoms with Crippen LogP contribution in [0.25, 0.3) is 0 Å². The summed E-state index contributed by atoms with van der Waals surface area (Å²) in [4.78, 5) is 10.6. The van der Waals surface area contributed by atoms with E-state index in [0.717, 1.165) is 6.55 Å². The third kappa shape index (κ3) is 7.44. The fourth-order valence-corrected chi connectivity index (χ4v) is 1.20. The monoisotopic (exact) mass is 182 g/mol. The Balaban J connectivity index is 3.46. The van der Waals surface area contributed by atoms with Crippen molar-refractivity contribution >= 4 is 14.7 Å². The van der Waals surface area contributed by atoms with Gasteiger partial charge in [-0.2, -0.15) is 0 Å². The van der Waals surface area contributed by atoms with Crippen LogP contribution in [0.2, 0.25) is 12.6 Å². The third-order valence-corrected chi connectivity index (χ3v) is 2.20. The molecule has 66 valence electrons. The molecule has 0 amide bonds. The average Bonchev–Trinajstić information content (AvgIpc) is 1.83. The molecular formula is C6H12F2O2Si. The Kier molecular flexibility index (Phi) is 4.25. The Hall–Kier alpha value is -0.453. The van der Waals surface area contributed by atoms with Gasteiger partial charge in [-0.1, -0.05) is 0 Å². The summed E-state index contributed by atoms with van der Waals surface area (Å²) in [5.41, 5.74) is 0. The van der Waals surface area contributed by atoms with Gasteiger partial charge < -0.3 is 4.74 Å². The van der Waals surface area contributed by atoms with Crippen molar-refractivity contribution < 1.29 is 17.7 Å². The Morgan fingerprint density at radius 3 is 2.45 bits per heavy atom. The van der Waals surface area contributed by atoms with E-state index >= 15 is 0 Å². The van der Waals surface area contributed by atoms with E-state index in [1.807, 2.05) is 0 Å². The molecular weight excluding hydrogens is 170 g/mol. The minimum Gasteiger partial charge on any atom is -0.466 e. The maximum Gasteiger partial charge on any atom is 0.422 e. The van der Waals surface area contributed by atoms with Crippen LogP contribution in [0.1, 0.15) is 13.3 Å². The number of rotatable bonds is 4. The van der Waals surface area contributed by atoms with Gasteiger partial charge in [-0.05, 0) is 13.5 Å². The van der Waals surface area contributed by atoms with E-state index in [2.05, 4.69) is 4.74 Å². The first-order valence-electron chi connectivity index (χ1n) is 3.49. The largest absolute Gasteiger partial charge is 0.466 e. The lowest BCUT2D eigenvalue weighted by atomic mass is 10.5. The molecule has 0 saturated heterocycles. The number of hydrogen-bond acceptors (Lipinski definition) is 2. The van der Waals surface area contributed by atoms with Crippen LogP contribution in [0.4, 0.5) is 8.22 Å². The van der Waals surface area contributed by atoms with Crippen molar-refractivity contribution in [1.29, 1.82) is 0 Å². The molecule has 0 spiro atoms. The Morgan fingerprint density at radius 1 is 1.55 bits per heavy atom. The molecule has 0 aromatic rings. The first-order valence-corrected chi connectivity index (χ1v) is 5.95. The number of ether oxygens (including phenoxy) is 1. The number of carbonyl (C=O) groups excluding carboxylic acids is 1. The Bertz CT molecular complexity index is 133. The molecule has 2 nitrogen and oxygen atoms in total. The molecule has 0 rings (SSSR count). The zero-order chi connectivity index (χ0) is 8.91. The second-order valence-electron chi connectivity index (χ2n) is 2.38. The van der Waals surface area contributed by atoms with Gasteiger partial charge in [-0.15, -0.1) is 0 Å². The van der Waals surface area contributed by atoms with Crippen molar-refractivity contribution in [2.75, 3.05) is 6.61 Å². The van der Waals surface area contributed by atoms with E-state index in [0.29, 0.717) is 0 Å². The Labute approximate surface area is 65.9 Å². The van der Waals surface area contributed by atoms with Crippen LogP contribution in [-0.2, 0) is 9.53 Å². The maximum absolute atomic E-state index is 12.3. The molecule has 0 aliphatic carbocycles. The lowest BCUT2D eigenvalue weighted by molar-refractivity contribution is -0.142. The van der Waals surface area contributed by atoms with Gasteiger partial charge in [-0.25, -0.2) is 0 Å². The van der Waals surface area contributed by atoms with Gasteiger partial charge >= 0.3 is 14.7 Å². The number of halogens is 2.